The Bertz CT molecular complexity index is 797. The number of rotatable bonds is 2. The maximum absolute atomic E-state index is 9.27. The molecule has 0 spiro atoms. The first-order valence-electron chi connectivity index (χ1n) is 6.33. The molecule has 0 N–H and O–H groups in total. The number of pyridine rings is 1. The minimum atomic E-state index is -0.238. The molecule has 0 saturated heterocycles. The van der Waals surface area contributed by atoms with E-state index in [0.717, 1.165) is 22.6 Å². The molecule has 3 rings (SSSR count). The summed E-state index contributed by atoms with van der Waals surface area (Å²) in [6, 6.07) is 15.6. The molecule has 0 fully saturated rings. The van der Waals surface area contributed by atoms with Gasteiger partial charge in [0.2, 0.25) is 0 Å². The van der Waals surface area contributed by atoms with E-state index in [0.29, 0.717) is 5.02 Å². The van der Waals surface area contributed by atoms with Crippen molar-refractivity contribution < 1.29 is 0 Å². The number of hydrogen-bond donors (Lipinski definition) is 0. The third-order valence-electron chi connectivity index (χ3n) is 3.29. The van der Waals surface area contributed by atoms with Gasteiger partial charge in [-0.15, -0.1) is 0 Å². The van der Waals surface area contributed by atoms with Gasteiger partial charge in [-0.2, -0.15) is 5.26 Å². The van der Waals surface area contributed by atoms with E-state index in [1.54, 1.807) is 0 Å². The number of fused-ring (bicyclic) bond motifs is 1. The fourth-order valence-electron chi connectivity index (χ4n) is 2.31. The average molecular weight is 282 g/mol. The van der Waals surface area contributed by atoms with Gasteiger partial charge >= 0.3 is 0 Å². The summed E-state index contributed by atoms with van der Waals surface area (Å²) in [5.41, 5.74) is 3.55. The minimum Gasteiger partial charge on any atom is -0.302 e. The van der Waals surface area contributed by atoms with Gasteiger partial charge in [0.05, 0.1) is 23.4 Å². The minimum absolute atomic E-state index is 0.238. The first-order chi connectivity index (χ1) is 9.70. The van der Waals surface area contributed by atoms with Crippen molar-refractivity contribution in [2.75, 3.05) is 0 Å². The van der Waals surface area contributed by atoms with Gasteiger partial charge in [0.15, 0.2) is 0 Å². The summed E-state index contributed by atoms with van der Waals surface area (Å²) in [5.74, 6) is -0.238. The molecule has 0 amide bonds. The molecule has 3 aromatic rings. The highest BCUT2D eigenvalue weighted by Gasteiger charge is 2.18. The van der Waals surface area contributed by atoms with Crippen molar-refractivity contribution in [3.05, 3.63) is 59.4 Å². The van der Waals surface area contributed by atoms with Crippen LogP contribution in [0.15, 0.2) is 48.7 Å². The van der Waals surface area contributed by atoms with Crippen molar-refractivity contribution in [2.24, 2.45) is 0 Å². The molecular weight excluding hydrogens is 270 g/mol. The van der Waals surface area contributed by atoms with Gasteiger partial charge in [0, 0.05) is 16.8 Å². The molecule has 98 valence electrons. The Morgan fingerprint density at radius 2 is 1.95 bits per heavy atom. The monoisotopic (exact) mass is 281 g/mol. The fraction of sp³-hybridized carbons (Fsp3) is 0.125. The maximum atomic E-state index is 9.27. The Balaban J connectivity index is 2.29. The molecule has 4 heteroatoms. The van der Waals surface area contributed by atoms with E-state index in [9.17, 15) is 5.26 Å². The maximum Gasteiger partial charge on any atom is 0.137 e. The van der Waals surface area contributed by atoms with Crippen LogP contribution in [0.3, 0.4) is 0 Å². The van der Waals surface area contributed by atoms with E-state index < -0.39 is 0 Å². The molecule has 0 radical (unpaired) electrons. The van der Waals surface area contributed by atoms with Crippen LogP contribution < -0.4 is 0 Å². The Kier molecular flexibility index (Phi) is 3.17. The Morgan fingerprint density at radius 1 is 1.20 bits per heavy atom. The highest BCUT2D eigenvalue weighted by molar-refractivity contribution is 6.30. The van der Waals surface area contributed by atoms with Gasteiger partial charge in [0.25, 0.3) is 0 Å². The number of nitrogens with zero attached hydrogens (tertiary/aromatic N) is 3. The lowest BCUT2D eigenvalue weighted by Gasteiger charge is -2.06. The molecule has 2 heterocycles. The second-order valence-corrected chi connectivity index (χ2v) is 5.07. The van der Waals surface area contributed by atoms with Gasteiger partial charge in [-0.25, -0.2) is 4.98 Å². The van der Waals surface area contributed by atoms with Gasteiger partial charge in [-0.05, 0) is 31.2 Å². The average Bonchev–Trinajstić information content (AvgIpc) is 2.86. The first-order valence-corrected chi connectivity index (χ1v) is 6.71. The molecule has 1 atom stereocenters. The summed E-state index contributed by atoms with van der Waals surface area (Å²) in [6.45, 7) is 1.88. The van der Waals surface area contributed by atoms with E-state index in [1.807, 2.05) is 60.0 Å². The third-order valence-corrected chi connectivity index (χ3v) is 3.54. The number of nitriles is 1. The zero-order chi connectivity index (χ0) is 14.1. The van der Waals surface area contributed by atoms with Crippen molar-refractivity contribution >= 4 is 17.2 Å². The van der Waals surface area contributed by atoms with Crippen LogP contribution in [0.5, 0.6) is 0 Å². The number of imidazole rings is 1. The van der Waals surface area contributed by atoms with E-state index >= 15 is 0 Å². The molecule has 2 aromatic heterocycles. The molecule has 0 bridgehead atoms. The summed E-state index contributed by atoms with van der Waals surface area (Å²) in [6.07, 6.45) is 1.94. The topological polar surface area (TPSA) is 41.1 Å². The predicted octanol–water partition coefficient (Wildman–Crippen LogP) is 4.28. The summed E-state index contributed by atoms with van der Waals surface area (Å²) in [5, 5.41) is 9.96. The standard InChI is InChI=1S/C16H12ClN3/c1-11(10-18)16-15(12-5-7-13(17)8-6-12)19-14-4-2-3-9-20(14)16/h2-9,11H,1H3. The van der Waals surface area contributed by atoms with Crippen molar-refractivity contribution in [3.63, 3.8) is 0 Å². The van der Waals surface area contributed by atoms with Crippen LogP contribution in [0.2, 0.25) is 5.02 Å². The number of benzene rings is 1. The molecule has 1 aromatic carbocycles. The van der Waals surface area contributed by atoms with Crippen LogP contribution in [-0.2, 0) is 0 Å². The molecule has 0 aliphatic heterocycles. The molecule has 0 saturated carbocycles. The molecular formula is C16H12ClN3. The molecule has 0 aliphatic carbocycles. The fourth-order valence-corrected chi connectivity index (χ4v) is 2.44. The van der Waals surface area contributed by atoms with Crippen LogP contribution in [-0.4, -0.2) is 9.38 Å². The second-order valence-electron chi connectivity index (χ2n) is 4.63. The molecule has 0 aliphatic rings. The van der Waals surface area contributed by atoms with Crippen molar-refractivity contribution in [2.45, 2.75) is 12.8 Å². The quantitative estimate of drug-likeness (QED) is 0.703. The highest BCUT2D eigenvalue weighted by Crippen LogP contribution is 2.30. The summed E-state index contributed by atoms with van der Waals surface area (Å²) in [7, 11) is 0. The Morgan fingerprint density at radius 3 is 2.65 bits per heavy atom. The predicted molar refractivity (Wildman–Crippen MR) is 79.7 cm³/mol. The zero-order valence-corrected chi connectivity index (χ0v) is 11.7. The van der Waals surface area contributed by atoms with Crippen molar-refractivity contribution in [3.8, 4) is 17.3 Å². The van der Waals surface area contributed by atoms with Crippen LogP contribution in [0.4, 0.5) is 0 Å². The Labute approximate surface area is 122 Å². The van der Waals surface area contributed by atoms with Crippen molar-refractivity contribution in [1.82, 2.24) is 9.38 Å². The number of hydrogen-bond acceptors (Lipinski definition) is 2. The third kappa shape index (κ3) is 2.04. The van der Waals surface area contributed by atoms with Crippen LogP contribution >= 0.6 is 11.6 Å². The summed E-state index contributed by atoms with van der Waals surface area (Å²) < 4.78 is 1.97. The first kappa shape index (κ1) is 12.7. The smallest absolute Gasteiger partial charge is 0.137 e. The van der Waals surface area contributed by atoms with Crippen molar-refractivity contribution in [1.29, 1.82) is 5.26 Å². The summed E-state index contributed by atoms with van der Waals surface area (Å²) >= 11 is 5.93. The van der Waals surface area contributed by atoms with Gasteiger partial charge in [-0.3, -0.25) is 0 Å². The lowest BCUT2D eigenvalue weighted by Crippen LogP contribution is -1.98. The lowest BCUT2D eigenvalue weighted by atomic mass is 10.0. The van der Waals surface area contributed by atoms with Gasteiger partial charge in [-0.1, -0.05) is 29.8 Å². The van der Waals surface area contributed by atoms with Gasteiger partial charge in [0.1, 0.15) is 5.65 Å². The van der Waals surface area contributed by atoms with E-state index in [4.69, 9.17) is 11.6 Å². The second kappa shape index (κ2) is 4.99. The zero-order valence-electron chi connectivity index (χ0n) is 10.9. The summed E-state index contributed by atoms with van der Waals surface area (Å²) in [4.78, 5) is 4.65. The van der Waals surface area contributed by atoms with E-state index in [2.05, 4.69) is 11.1 Å². The molecule has 20 heavy (non-hydrogen) atoms. The lowest BCUT2D eigenvalue weighted by molar-refractivity contribution is 0.900. The van der Waals surface area contributed by atoms with Crippen LogP contribution in [0.1, 0.15) is 18.5 Å². The van der Waals surface area contributed by atoms with Gasteiger partial charge < -0.3 is 4.40 Å². The van der Waals surface area contributed by atoms with E-state index in [1.165, 1.54) is 0 Å². The normalized spacial score (nSPS) is 12.2. The highest BCUT2D eigenvalue weighted by atomic mass is 35.5. The van der Waals surface area contributed by atoms with E-state index in [-0.39, 0.29) is 5.92 Å². The molecule has 1 unspecified atom stereocenters. The number of halogens is 1. The van der Waals surface area contributed by atoms with Crippen LogP contribution in [0.25, 0.3) is 16.9 Å². The number of aromatic nitrogens is 2. The van der Waals surface area contributed by atoms with Crippen LogP contribution in [0, 0.1) is 11.3 Å². The largest absolute Gasteiger partial charge is 0.302 e. The molecule has 3 nitrogen and oxygen atoms in total. The Hall–Kier alpha value is -2.31. The SMILES string of the molecule is CC(C#N)c1c(-c2ccc(Cl)cc2)nc2ccccn12.